The van der Waals surface area contributed by atoms with Gasteiger partial charge in [0.25, 0.3) is 6.47 Å². The highest BCUT2D eigenvalue weighted by atomic mass is 16.5. The molecule has 1 aliphatic carbocycles. The molecule has 2 heteroatoms. The Hall–Kier alpha value is -0.790. The molecular weight excluding hydrogens is 152 g/mol. The van der Waals surface area contributed by atoms with Gasteiger partial charge in [0.15, 0.2) is 0 Å². The molecule has 0 N–H and O–H groups in total. The van der Waals surface area contributed by atoms with E-state index in [1.54, 1.807) is 0 Å². The molecule has 0 spiro atoms. The van der Waals surface area contributed by atoms with Gasteiger partial charge in [-0.15, -0.1) is 6.58 Å². The van der Waals surface area contributed by atoms with Crippen LogP contribution in [0.4, 0.5) is 0 Å². The van der Waals surface area contributed by atoms with Crippen molar-refractivity contribution in [3.05, 3.63) is 12.7 Å². The summed E-state index contributed by atoms with van der Waals surface area (Å²) in [6.45, 7) is 4.28. The molecule has 1 rings (SSSR count). The monoisotopic (exact) mass is 168 g/mol. The Morgan fingerprint density at radius 3 is 2.83 bits per heavy atom. The van der Waals surface area contributed by atoms with Crippen LogP contribution in [0.3, 0.4) is 0 Å². The van der Waals surface area contributed by atoms with Gasteiger partial charge in [0.05, 0.1) is 0 Å². The predicted octanol–water partition coefficient (Wildman–Crippen LogP) is 2.29. The van der Waals surface area contributed by atoms with Gasteiger partial charge in [-0.05, 0) is 31.6 Å². The summed E-state index contributed by atoms with van der Waals surface area (Å²) in [5.41, 5.74) is 0. The van der Waals surface area contributed by atoms with Crippen molar-refractivity contribution in [1.29, 1.82) is 0 Å². The lowest BCUT2D eigenvalue weighted by atomic mass is 9.84. The van der Waals surface area contributed by atoms with Crippen molar-refractivity contribution >= 4 is 6.47 Å². The van der Waals surface area contributed by atoms with Gasteiger partial charge in [-0.25, -0.2) is 0 Å². The second kappa shape index (κ2) is 4.96. The molecule has 2 atom stereocenters. The van der Waals surface area contributed by atoms with Crippen LogP contribution in [0.1, 0.15) is 32.1 Å². The third-order valence-corrected chi connectivity index (χ3v) is 2.54. The highest BCUT2D eigenvalue weighted by molar-refractivity contribution is 5.37. The molecule has 12 heavy (non-hydrogen) atoms. The zero-order valence-electron chi connectivity index (χ0n) is 7.37. The third kappa shape index (κ3) is 2.36. The molecule has 68 valence electrons. The molecule has 1 saturated carbocycles. The number of carbonyl (C=O) groups is 1. The Morgan fingerprint density at radius 1 is 1.42 bits per heavy atom. The average Bonchev–Trinajstić information content (AvgIpc) is 2.09. The molecule has 0 radical (unpaired) electrons. The topological polar surface area (TPSA) is 26.3 Å². The molecule has 0 aromatic rings. The van der Waals surface area contributed by atoms with Crippen molar-refractivity contribution in [3.8, 4) is 0 Å². The Bertz CT molecular complexity index is 136. The van der Waals surface area contributed by atoms with E-state index in [4.69, 9.17) is 4.74 Å². The minimum absolute atomic E-state index is 0.147. The van der Waals surface area contributed by atoms with Crippen LogP contribution in [0.5, 0.6) is 0 Å². The summed E-state index contributed by atoms with van der Waals surface area (Å²) < 4.78 is 5.02. The molecule has 0 unspecified atom stereocenters. The van der Waals surface area contributed by atoms with Gasteiger partial charge in [0.2, 0.25) is 0 Å². The SMILES string of the molecule is C=CC[C@H]1CCCC[C@H]1OC=O. The maximum Gasteiger partial charge on any atom is 0.293 e. The van der Waals surface area contributed by atoms with Crippen LogP contribution in [0.25, 0.3) is 0 Å². The summed E-state index contributed by atoms with van der Waals surface area (Å²) >= 11 is 0. The number of hydrogen-bond donors (Lipinski definition) is 0. The van der Waals surface area contributed by atoms with Gasteiger partial charge in [0.1, 0.15) is 6.10 Å². The number of ether oxygens (including phenoxy) is 1. The lowest BCUT2D eigenvalue weighted by Crippen LogP contribution is -2.26. The van der Waals surface area contributed by atoms with Crippen LogP contribution in [0.2, 0.25) is 0 Å². The Kier molecular flexibility index (Phi) is 3.85. The first-order valence-electron chi connectivity index (χ1n) is 4.58. The Balaban J connectivity index is 2.41. The van der Waals surface area contributed by atoms with Crippen LogP contribution in [-0.2, 0) is 9.53 Å². The van der Waals surface area contributed by atoms with Gasteiger partial charge >= 0.3 is 0 Å². The normalized spacial score (nSPS) is 29.3. The highest BCUT2D eigenvalue weighted by Gasteiger charge is 2.24. The van der Waals surface area contributed by atoms with E-state index < -0.39 is 0 Å². The summed E-state index contributed by atoms with van der Waals surface area (Å²) in [5, 5.41) is 0. The first kappa shape index (κ1) is 9.30. The maximum absolute atomic E-state index is 10.2. The van der Waals surface area contributed by atoms with Crippen molar-refractivity contribution in [1.82, 2.24) is 0 Å². The number of rotatable bonds is 4. The molecule has 0 aromatic heterocycles. The fraction of sp³-hybridized carbons (Fsp3) is 0.700. The minimum atomic E-state index is 0.147. The van der Waals surface area contributed by atoms with E-state index >= 15 is 0 Å². The smallest absolute Gasteiger partial charge is 0.293 e. The van der Waals surface area contributed by atoms with E-state index in [1.807, 2.05) is 6.08 Å². The predicted molar refractivity (Wildman–Crippen MR) is 47.7 cm³/mol. The Labute approximate surface area is 73.6 Å². The van der Waals surface area contributed by atoms with Crippen LogP contribution in [0, 0.1) is 5.92 Å². The van der Waals surface area contributed by atoms with E-state index in [1.165, 1.54) is 19.3 Å². The average molecular weight is 168 g/mol. The van der Waals surface area contributed by atoms with Gasteiger partial charge in [-0.2, -0.15) is 0 Å². The molecule has 0 saturated heterocycles. The highest BCUT2D eigenvalue weighted by Crippen LogP contribution is 2.28. The van der Waals surface area contributed by atoms with E-state index in [-0.39, 0.29) is 6.10 Å². The quantitative estimate of drug-likeness (QED) is 0.475. The number of allylic oxidation sites excluding steroid dienone is 1. The molecular formula is C10H16O2. The van der Waals surface area contributed by atoms with Crippen molar-refractivity contribution in [2.75, 3.05) is 0 Å². The third-order valence-electron chi connectivity index (χ3n) is 2.54. The van der Waals surface area contributed by atoms with Crippen LogP contribution < -0.4 is 0 Å². The molecule has 2 nitrogen and oxygen atoms in total. The standard InChI is InChI=1S/C10H16O2/c1-2-5-9-6-3-4-7-10(9)12-8-11/h2,8-10H,1,3-7H2/t9-,10+/m0/s1. The number of carbonyl (C=O) groups excluding carboxylic acids is 1. The lowest BCUT2D eigenvalue weighted by molar-refractivity contribution is -0.137. The van der Waals surface area contributed by atoms with Crippen molar-refractivity contribution in [2.24, 2.45) is 5.92 Å². The van der Waals surface area contributed by atoms with Gasteiger partial charge in [-0.1, -0.05) is 12.5 Å². The Morgan fingerprint density at radius 2 is 2.17 bits per heavy atom. The molecule has 0 amide bonds. The van der Waals surface area contributed by atoms with Crippen molar-refractivity contribution < 1.29 is 9.53 Å². The number of hydrogen-bond acceptors (Lipinski definition) is 2. The maximum atomic E-state index is 10.2. The van der Waals surface area contributed by atoms with Crippen LogP contribution in [0.15, 0.2) is 12.7 Å². The zero-order chi connectivity index (χ0) is 8.81. The van der Waals surface area contributed by atoms with Crippen LogP contribution in [-0.4, -0.2) is 12.6 Å². The summed E-state index contributed by atoms with van der Waals surface area (Å²) in [7, 11) is 0. The molecule has 1 aliphatic rings. The molecule has 0 bridgehead atoms. The van der Waals surface area contributed by atoms with E-state index in [0.29, 0.717) is 12.4 Å². The van der Waals surface area contributed by atoms with Gasteiger partial charge in [0, 0.05) is 0 Å². The summed E-state index contributed by atoms with van der Waals surface area (Å²) in [4.78, 5) is 10.2. The fourth-order valence-corrected chi connectivity index (χ4v) is 1.91. The van der Waals surface area contributed by atoms with Gasteiger partial charge in [-0.3, -0.25) is 4.79 Å². The first-order valence-corrected chi connectivity index (χ1v) is 4.58. The minimum Gasteiger partial charge on any atom is -0.464 e. The van der Waals surface area contributed by atoms with E-state index in [2.05, 4.69) is 6.58 Å². The van der Waals surface area contributed by atoms with Gasteiger partial charge < -0.3 is 4.74 Å². The lowest BCUT2D eigenvalue weighted by Gasteiger charge is -2.28. The molecule has 0 heterocycles. The van der Waals surface area contributed by atoms with Crippen molar-refractivity contribution in [2.45, 2.75) is 38.2 Å². The summed E-state index contributed by atoms with van der Waals surface area (Å²) in [6, 6.07) is 0. The second-order valence-electron chi connectivity index (χ2n) is 3.34. The molecule has 1 fully saturated rings. The summed E-state index contributed by atoms with van der Waals surface area (Å²) in [5.74, 6) is 0.515. The fourth-order valence-electron chi connectivity index (χ4n) is 1.91. The first-order chi connectivity index (χ1) is 5.88. The second-order valence-corrected chi connectivity index (χ2v) is 3.34. The summed E-state index contributed by atoms with van der Waals surface area (Å²) in [6.07, 6.45) is 7.68. The van der Waals surface area contributed by atoms with E-state index in [0.717, 1.165) is 12.8 Å². The zero-order valence-corrected chi connectivity index (χ0v) is 7.37. The molecule has 0 aromatic carbocycles. The van der Waals surface area contributed by atoms with Crippen molar-refractivity contribution in [3.63, 3.8) is 0 Å². The van der Waals surface area contributed by atoms with E-state index in [9.17, 15) is 4.79 Å². The van der Waals surface area contributed by atoms with Crippen LogP contribution >= 0.6 is 0 Å². The molecule has 0 aliphatic heterocycles. The largest absolute Gasteiger partial charge is 0.464 e.